The number of rotatable bonds is 10. The summed E-state index contributed by atoms with van der Waals surface area (Å²) in [6, 6.07) is 24.4. The van der Waals surface area contributed by atoms with E-state index in [1.165, 1.54) is 12.1 Å². The highest BCUT2D eigenvalue weighted by atomic mass is 19.1. The fraction of sp³-hybridized carbons (Fsp3) is 0.158. The molecule has 0 aliphatic carbocycles. The third kappa shape index (κ3) is 6.65. The van der Waals surface area contributed by atoms with Crippen molar-refractivity contribution in [3.8, 4) is 39.4 Å². The molecule has 0 saturated heterocycles. The molecule has 0 atom stereocenters. The highest BCUT2D eigenvalue weighted by Crippen LogP contribution is 2.36. The fourth-order valence-electron chi connectivity index (χ4n) is 5.83. The van der Waals surface area contributed by atoms with Gasteiger partial charge in [0.25, 0.3) is 0 Å². The van der Waals surface area contributed by atoms with Gasteiger partial charge in [-0.3, -0.25) is 14.9 Å². The molecule has 0 radical (unpaired) electrons. The summed E-state index contributed by atoms with van der Waals surface area (Å²) in [5.41, 5.74) is 8.84. The van der Waals surface area contributed by atoms with Gasteiger partial charge in [-0.1, -0.05) is 36.4 Å². The Morgan fingerprint density at radius 1 is 0.917 bits per heavy atom. The van der Waals surface area contributed by atoms with Crippen molar-refractivity contribution in [1.29, 1.82) is 0 Å². The van der Waals surface area contributed by atoms with Crippen LogP contribution in [0.3, 0.4) is 0 Å². The molecule has 3 aromatic carbocycles. The Morgan fingerprint density at radius 2 is 1.77 bits per heavy atom. The Labute approximate surface area is 276 Å². The number of aryl methyl sites for hydroxylation is 1. The fourth-order valence-corrected chi connectivity index (χ4v) is 5.83. The van der Waals surface area contributed by atoms with E-state index in [0.717, 1.165) is 67.7 Å². The van der Waals surface area contributed by atoms with E-state index in [9.17, 15) is 9.18 Å². The number of hydrogen-bond acceptors (Lipinski definition) is 6. The van der Waals surface area contributed by atoms with Gasteiger partial charge in [0.1, 0.15) is 18.2 Å². The minimum atomic E-state index is -0.381. The van der Waals surface area contributed by atoms with Gasteiger partial charge in [-0.25, -0.2) is 9.37 Å². The van der Waals surface area contributed by atoms with Gasteiger partial charge >= 0.3 is 0 Å². The first-order chi connectivity index (χ1) is 23.3. The Hall–Kier alpha value is -5.87. The molecule has 10 heteroatoms. The normalized spacial score (nSPS) is 11.4. The average molecular weight is 640 g/mol. The van der Waals surface area contributed by atoms with Crippen LogP contribution in [-0.4, -0.2) is 63.2 Å². The predicted octanol–water partition coefficient (Wildman–Crippen LogP) is 7.40. The van der Waals surface area contributed by atoms with Crippen molar-refractivity contribution in [3.05, 3.63) is 114 Å². The first-order valence-corrected chi connectivity index (χ1v) is 15.6. The monoisotopic (exact) mass is 639 g/mol. The molecule has 7 rings (SSSR count). The molecular formula is C38H34FN7O2. The molecule has 0 spiro atoms. The summed E-state index contributed by atoms with van der Waals surface area (Å²) in [5.74, 6) is 0.00336. The predicted molar refractivity (Wildman–Crippen MR) is 187 cm³/mol. The topological polar surface area (TPSA) is 112 Å². The van der Waals surface area contributed by atoms with Crippen LogP contribution in [0.25, 0.3) is 55.6 Å². The zero-order valence-electron chi connectivity index (χ0n) is 26.8. The highest BCUT2D eigenvalue weighted by Gasteiger charge is 2.16. The molecule has 4 aromatic heterocycles. The number of H-pyrrole nitrogens is 2. The molecule has 0 bridgehead atoms. The molecule has 0 unspecified atom stereocenters. The smallest absolute Gasteiger partial charge is 0.228 e. The number of aromatic amines is 2. The lowest BCUT2D eigenvalue weighted by molar-refractivity contribution is -0.115. The maximum absolute atomic E-state index is 14.7. The minimum absolute atomic E-state index is 0.0811. The number of ether oxygens (including phenoxy) is 1. The summed E-state index contributed by atoms with van der Waals surface area (Å²) < 4.78 is 20.6. The summed E-state index contributed by atoms with van der Waals surface area (Å²) in [4.78, 5) is 27.3. The average Bonchev–Trinajstić information content (AvgIpc) is 3.68. The van der Waals surface area contributed by atoms with Crippen molar-refractivity contribution in [2.24, 2.45) is 0 Å². The van der Waals surface area contributed by atoms with Gasteiger partial charge in [-0.15, -0.1) is 0 Å². The van der Waals surface area contributed by atoms with Crippen LogP contribution >= 0.6 is 0 Å². The van der Waals surface area contributed by atoms with Crippen LogP contribution in [0.15, 0.2) is 97.5 Å². The zero-order valence-corrected chi connectivity index (χ0v) is 26.8. The van der Waals surface area contributed by atoms with Gasteiger partial charge in [0.15, 0.2) is 5.65 Å². The van der Waals surface area contributed by atoms with E-state index in [-0.39, 0.29) is 11.7 Å². The maximum Gasteiger partial charge on any atom is 0.228 e. The Kier molecular flexibility index (Phi) is 8.39. The van der Waals surface area contributed by atoms with E-state index in [1.807, 2.05) is 86.6 Å². The van der Waals surface area contributed by atoms with E-state index >= 15 is 0 Å². The lowest BCUT2D eigenvalue weighted by Gasteiger charge is -2.12. The Bertz CT molecular complexity index is 2260. The number of benzene rings is 3. The number of likely N-dealkylation sites (N-methyl/N-ethyl adjacent to an activating group) is 1. The number of amides is 1. The van der Waals surface area contributed by atoms with Crippen molar-refractivity contribution in [2.45, 2.75) is 13.3 Å². The Balaban J connectivity index is 1.20. The van der Waals surface area contributed by atoms with Crippen molar-refractivity contribution in [2.75, 3.05) is 32.6 Å². The third-order valence-corrected chi connectivity index (χ3v) is 8.12. The molecule has 240 valence electrons. The van der Waals surface area contributed by atoms with E-state index in [0.29, 0.717) is 30.0 Å². The number of hydrogen-bond donors (Lipinski definition) is 3. The van der Waals surface area contributed by atoms with Gasteiger partial charge in [0.05, 0.1) is 29.5 Å². The first kappa shape index (κ1) is 30.8. The number of pyridine rings is 2. The second-order valence-electron chi connectivity index (χ2n) is 12.2. The number of nitrogens with zero attached hydrogens (tertiary/aromatic N) is 4. The number of fused-ring (bicyclic) bond motifs is 2. The van der Waals surface area contributed by atoms with Crippen molar-refractivity contribution in [1.82, 2.24) is 30.0 Å². The van der Waals surface area contributed by atoms with Crippen molar-refractivity contribution in [3.63, 3.8) is 0 Å². The third-order valence-electron chi connectivity index (χ3n) is 8.12. The van der Waals surface area contributed by atoms with Gasteiger partial charge in [0.2, 0.25) is 5.91 Å². The number of carbonyl (C=O) groups excluding carboxylic acids is 1. The second kappa shape index (κ2) is 13.1. The van der Waals surface area contributed by atoms with Gasteiger partial charge in [0, 0.05) is 52.6 Å². The molecule has 3 N–H and O–H groups in total. The number of nitrogens with one attached hydrogen (secondary N) is 3. The summed E-state index contributed by atoms with van der Waals surface area (Å²) in [6.07, 6.45) is 5.56. The molecule has 9 nitrogen and oxygen atoms in total. The molecule has 0 aliphatic heterocycles. The van der Waals surface area contributed by atoms with Crippen molar-refractivity contribution >= 4 is 33.5 Å². The van der Waals surface area contributed by atoms with Crippen LogP contribution in [0.1, 0.15) is 11.1 Å². The van der Waals surface area contributed by atoms with Gasteiger partial charge < -0.3 is 19.9 Å². The van der Waals surface area contributed by atoms with Crippen LogP contribution in [0.5, 0.6) is 5.75 Å². The van der Waals surface area contributed by atoms with Crippen molar-refractivity contribution < 1.29 is 13.9 Å². The summed E-state index contributed by atoms with van der Waals surface area (Å²) in [5, 5.41) is 12.4. The standard InChI is InChI=1S/C38H34FN7O2/c1-23-11-25(15-29(12-23)42-36(47)13-24-7-5-4-6-8-24)27-17-32-37(44-45-38(32)41-20-27)34-19-31-33(21-40-22-35(31)43-34)26-14-28(39)18-30(16-26)48-10-9-46(2)3/h4-8,11-12,14-22,43H,9-10,13H2,1-3H3,(H,42,47)(H,41,44,45). The lowest BCUT2D eigenvalue weighted by Crippen LogP contribution is -2.19. The highest BCUT2D eigenvalue weighted by molar-refractivity contribution is 6.01. The second-order valence-corrected chi connectivity index (χ2v) is 12.2. The van der Waals surface area contributed by atoms with E-state index < -0.39 is 0 Å². The van der Waals surface area contributed by atoms with Crippen LogP contribution < -0.4 is 10.1 Å². The number of anilines is 1. The molecule has 48 heavy (non-hydrogen) atoms. The molecule has 1 amide bonds. The molecule has 0 saturated carbocycles. The molecule has 7 aromatic rings. The molecule has 0 aliphatic rings. The summed E-state index contributed by atoms with van der Waals surface area (Å²) in [6.45, 7) is 3.16. The van der Waals surface area contributed by atoms with Gasteiger partial charge in [-0.05, 0) is 79.7 Å². The number of halogens is 1. The van der Waals surface area contributed by atoms with Crippen LogP contribution in [-0.2, 0) is 11.2 Å². The number of carbonyl (C=O) groups is 1. The van der Waals surface area contributed by atoms with Gasteiger partial charge in [-0.2, -0.15) is 5.10 Å². The van der Waals surface area contributed by atoms with Crippen LogP contribution in [0, 0.1) is 12.7 Å². The van der Waals surface area contributed by atoms with Crippen LogP contribution in [0.4, 0.5) is 10.1 Å². The quantitative estimate of drug-likeness (QED) is 0.144. The molecular weight excluding hydrogens is 605 g/mol. The first-order valence-electron chi connectivity index (χ1n) is 15.6. The maximum atomic E-state index is 14.7. The summed E-state index contributed by atoms with van der Waals surface area (Å²) in [7, 11) is 3.93. The SMILES string of the molecule is Cc1cc(NC(=O)Cc2ccccc2)cc(-c2cnc3n[nH]c(-c4cc5c(-c6cc(F)cc(OCCN(C)C)c6)cncc5[nH]4)c3c2)c1. The summed E-state index contributed by atoms with van der Waals surface area (Å²) >= 11 is 0. The molecule has 4 heterocycles. The minimum Gasteiger partial charge on any atom is -0.492 e. The zero-order chi connectivity index (χ0) is 33.2. The molecule has 0 fully saturated rings. The number of aromatic nitrogens is 5. The van der Waals surface area contributed by atoms with E-state index in [2.05, 4.69) is 36.5 Å². The largest absolute Gasteiger partial charge is 0.492 e. The van der Waals surface area contributed by atoms with E-state index in [1.54, 1.807) is 18.6 Å². The van der Waals surface area contributed by atoms with E-state index in [4.69, 9.17) is 4.74 Å². The Morgan fingerprint density at radius 3 is 2.60 bits per heavy atom. The lowest BCUT2D eigenvalue weighted by atomic mass is 10.0. The van der Waals surface area contributed by atoms with Crippen LogP contribution in [0.2, 0.25) is 0 Å².